The molecule has 1 N–H and O–H groups in total. The molecule has 0 aromatic heterocycles. The molecule has 2 bridgehead atoms. The van der Waals surface area contributed by atoms with Crippen molar-refractivity contribution in [1.82, 2.24) is 9.80 Å². The van der Waals surface area contributed by atoms with Crippen LogP contribution in [0.5, 0.6) is 5.75 Å². The zero-order valence-electron chi connectivity index (χ0n) is 26.6. The van der Waals surface area contributed by atoms with E-state index in [2.05, 4.69) is 27.0 Å². The molecule has 1 aromatic carbocycles. The van der Waals surface area contributed by atoms with E-state index in [1.165, 1.54) is 0 Å². The summed E-state index contributed by atoms with van der Waals surface area (Å²) in [6.45, 7) is 20.7. The number of carbonyl (C=O) groups is 3. The normalized spacial score (nSPS) is 26.8. The number of carbonyl (C=O) groups excluding carboxylic acids is 3. The fourth-order valence-corrected chi connectivity index (χ4v) is 9.55. The molecule has 3 saturated heterocycles. The van der Waals surface area contributed by atoms with Gasteiger partial charge in [-0.2, -0.15) is 0 Å². The van der Waals surface area contributed by atoms with Crippen molar-refractivity contribution in [3.8, 4) is 5.75 Å². The van der Waals surface area contributed by atoms with E-state index in [9.17, 15) is 19.5 Å². The van der Waals surface area contributed by atoms with Crippen LogP contribution < -0.4 is 9.64 Å². The first-order valence-electron chi connectivity index (χ1n) is 15.5. The lowest BCUT2D eigenvalue weighted by molar-refractivity contribution is -0.148. The molecule has 8 nitrogen and oxygen atoms in total. The number of nitrogens with zero attached hydrogens (tertiary/aromatic N) is 3. The summed E-state index contributed by atoms with van der Waals surface area (Å²) in [6, 6.07) is 6.12. The Bertz CT molecular complexity index is 1210. The molecule has 0 aliphatic carbocycles. The molecule has 6 atom stereocenters. The number of thioether (sulfide) groups is 1. The lowest BCUT2D eigenvalue weighted by atomic mass is 9.70. The lowest BCUT2D eigenvalue weighted by Crippen LogP contribution is -2.60. The molecule has 4 rings (SSSR count). The quantitative estimate of drug-likeness (QED) is 0.319. The van der Waals surface area contributed by atoms with Crippen molar-refractivity contribution in [2.45, 2.75) is 88.4 Å². The number of aliphatic hydroxyl groups excluding tert-OH is 1. The number of aliphatic hydroxyl groups is 1. The van der Waals surface area contributed by atoms with Crippen LogP contribution in [0.15, 0.2) is 49.6 Å². The molecule has 9 heteroatoms. The molecule has 0 radical (unpaired) electrons. The highest BCUT2D eigenvalue weighted by atomic mass is 32.2. The lowest BCUT2D eigenvalue weighted by Gasteiger charge is -2.44. The molecule has 3 heterocycles. The van der Waals surface area contributed by atoms with Gasteiger partial charge in [-0.05, 0) is 77.1 Å². The van der Waals surface area contributed by atoms with Crippen molar-refractivity contribution in [3.63, 3.8) is 0 Å². The van der Waals surface area contributed by atoms with Crippen LogP contribution in [0.3, 0.4) is 0 Å². The summed E-state index contributed by atoms with van der Waals surface area (Å²) in [7, 11) is 0. The van der Waals surface area contributed by atoms with Gasteiger partial charge in [-0.1, -0.05) is 26.0 Å². The Morgan fingerprint density at radius 1 is 1.16 bits per heavy atom. The maximum atomic E-state index is 14.7. The second kappa shape index (κ2) is 13.1. The fraction of sp³-hybridized carbons (Fsp3) is 0.618. The van der Waals surface area contributed by atoms with Crippen LogP contribution in [0, 0.1) is 17.8 Å². The van der Waals surface area contributed by atoms with Gasteiger partial charge in [0.1, 0.15) is 11.8 Å². The van der Waals surface area contributed by atoms with Gasteiger partial charge in [0.25, 0.3) is 0 Å². The smallest absolute Gasteiger partial charge is 0.247 e. The molecule has 3 amide bonds. The van der Waals surface area contributed by atoms with Crippen molar-refractivity contribution in [2.75, 3.05) is 31.2 Å². The largest absolute Gasteiger partial charge is 0.494 e. The van der Waals surface area contributed by atoms with Crippen LogP contribution in [0.1, 0.15) is 60.8 Å². The van der Waals surface area contributed by atoms with E-state index in [1.54, 1.807) is 38.6 Å². The van der Waals surface area contributed by atoms with Crippen molar-refractivity contribution in [1.29, 1.82) is 0 Å². The van der Waals surface area contributed by atoms with Gasteiger partial charge in [-0.3, -0.25) is 14.4 Å². The molecule has 43 heavy (non-hydrogen) atoms. The van der Waals surface area contributed by atoms with Gasteiger partial charge in [-0.15, -0.1) is 24.9 Å². The highest BCUT2D eigenvalue weighted by Crippen LogP contribution is 2.67. The minimum Gasteiger partial charge on any atom is -0.494 e. The average Bonchev–Trinajstić information content (AvgIpc) is 3.60. The van der Waals surface area contributed by atoms with Crippen LogP contribution in [0.2, 0.25) is 0 Å². The zero-order valence-corrected chi connectivity index (χ0v) is 27.4. The van der Waals surface area contributed by atoms with E-state index in [4.69, 9.17) is 4.74 Å². The van der Waals surface area contributed by atoms with Crippen LogP contribution in [0.25, 0.3) is 0 Å². The van der Waals surface area contributed by atoms with Gasteiger partial charge in [0.05, 0.1) is 35.8 Å². The van der Waals surface area contributed by atoms with Crippen molar-refractivity contribution in [2.24, 2.45) is 17.8 Å². The second-order valence-electron chi connectivity index (χ2n) is 13.3. The number of rotatable bonds is 13. The topological polar surface area (TPSA) is 90.4 Å². The van der Waals surface area contributed by atoms with Crippen molar-refractivity contribution in [3.05, 3.63) is 49.6 Å². The summed E-state index contributed by atoms with van der Waals surface area (Å²) < 4.78 is 4.86. The summed E-state index contributed by atoms with van der Waals surface area (Å²) >= 11 is 1.65. The van der Waals surface area contributed by atoms with Gasteiger partial charge in [-0.25, -0.2) is 0 Å². The Morgan fingerprint density at radius 2 is 1.81 bits per heavy atom. The van der Waals surface area contributed by atoms with Gasteiger partial charge in [0.2, 0.25) is 17.7 Å². The molecule has 3 aliphatic rings. The van der Waals surface area contributed by atoms with Crippen LogP contribution in [-0.4, -0.2) is 86.6 Å². The number of ether oxygens (including phenoxy) is 1. The molecule has 3 aliphatic heterocycles. The number of anilines is 1. The Hall–Kier alpha value is -2.78. The number of likely N-dealkylation sites (tertiary alicyclic amines) is 1. The zero-order chi connectivity index (χ0) is 31.7. The third kappa shape index (κ3) is 5.99. The van der Waals surface area contributed by atoms with Gasteiger partial charge in [0, 0.05) is 29.6 Å². The maximum Gasteiger partial charge on any atom is 0.247 e. The van der Waals surface area contributed by atoms with E-state index >= 15 is 0 Å². The molecule has 2 unspecified atom stereocenters. The summed E-state index contributed by atoms with van der Waals surface area (Å²) in [6.07, 6.45) is 5.39. The van der Waals surface area contributed by atoms with E-state index in [0.29, 0.717) is 38.2 Å². The van der Waals surface area contributed by atoms with Crippen LogP contribution in [0.4, 0.5) is 5.69 Å². The van der Waals surface area contributed by atoms with Crippen LogP contribution in [-0.2, 0) is 14.4 Å². The van der Waals surface area contributed by atoms with Gasteiger partial charge in [0.15, 0.2) is 0 Å². The van der Waals surface area contributed by atoms with E-state index in [1.807, 2.05) is 52.0 Å². The van der Waals surface area contributed by atoms with E-state index in [0.717, 1.165) is 12.2 Å². The monoisotopic (exact) mass is 611 g/mol. The van der Waals surface area contributed by atoms with Gasteiger partial charge >= 0.3 is 0 Å². The number of fused-ring (bicyclic) bond motifs is 1. The molecule has 1 aromatic rings. The molecule has 236 valence electrons. The molecule has 3 fully saturated rings. The highest BCUT2D eigenvalue weighted by molar-refractivity contribution is 8.02. The Balaban J connectivity index is 1.79. The Kier molecular flexibility index (Phi) is 10.1. The second-order valence-corrected chi connectivity index (χ2v) is 14.9. The minimum absolute atomic E-state index is 0.0749. The molecule has 1 spiro atoms. The van der Waals surface area contributed by atoms with E-state index in [-0.39, 0.29) is 35.5 Å². The predicted molar refractivity (Wildman–Crippen MR) is 173 cm³/mol. The summed E-state index contributed by atoms with van der Waals surface area (Å²) in [5.41, 5.74) is 0.204. The first-order chi connectivity index (χ1) is 20.4. The molecular weight excluding hydrogens is 562 g/mol. The number of hydrogen-bond acceptors (Lipinski definition) is 6. The summed E-state index contributed by atoms with van der Waals surface area (Å²) in [5.74, 6) is -0.770. The minimum atomic E-state index is -0.772. The number of benzene rings is 1. The third-order valence-electron chi connectivity index (χ3n) is 9.03. The Morgan fingerprint density at radius 3 is 2.35 bits per heavy atom. The molecule has 0 saturated carbocycles. The first kappa shape index (κ1) is 33.1. The Labute approximate surface area is 261 Å². The van der Waals surface area contributed by atoms with Crippen molar-refractivity contribution >= 4 is 35.2 Å². The highest BCUT2D eigenvalue weighted by Gasteiger charge is 2.74. The van der Waals surface area contributed by atoms with Gasteiger partial charge < -0.3 is 24.5 Å². The summed E-state index contributed by atoms with van der Waals surface area (Å²) in [4.78, 5) is 49.0. The molecular formula is C34H49N3O5S. The van der Waals surface area contributed by atoms with Crippen LogP contribution >= 0.6 is 11.8 Å². The fourth-order valence-electron chi connectivity index (χ4n) is 7.36. The average molecular weight is 612 g/mol. The number of hydrogen-bond donors (Lipinski definition) is 1. The number of amides is 3. The standard InChI is InChI=1S/C34H49N3O5S/c1-9-18-35(23-12-14-25(15-13-23)42-11-3)30(39)27-26-16-17-34(43-26)28(27)31(40)37(24(21-38)20-22(4)5)29(34)32(41)36(19-10-2)33(6,7)8/h9-10,12-15,22,24,26-29,38H,1-2,11,16-21H2,3-8H3/t24-,26-,27+,28+,29?,34?/m1/s1. The SMILES string of the molecule is C=CCN(C(=O)[C@@H]1[C@H]2C(=O)N([C@@H](CO)CC(C)C)C(C(=O)N(CC=C)C(C)(C)C)C23CC[C@H]1S3)c1ccc(OCC)cc1. The third-order valence-corrected chi connectivity index (χ3v) is 11.0. The maximum absolute atomic E-state index is 14.7. The predicted octanol–water partition coefficient (Wildman–Crippen LogP) is 4.92. The summed E-state index contributed by atoms with van der Waals surface area (Å²) in [5, 5.41) is 10.5. The van der Waals surface area contributed by atoms with Crippen molar-refractivity contribution < 1.29 is 24.2 Å². The first-order valence-corrected chi connectivity index (χ1v) is 16.4. The van der Waals surface area contributed by atoms with E-state index < -0.39 is 34.2 Å².